The molecule has 2 rings (SSSR count). The van der Waals surface area contributed by atoms with Crippen molar-refractivity contribution in [3.05, 3.63) is 35.9 Å². The fraction of sp³-hybridized carbons (Fsp3) is 0.429. The van der Waals surface area contributed by atoms with Crippen LogP contribution < -0.4 is 0 Å². The van der Waals surface area contributed by atoms with Gasteiger partial charge in [-0.15, -0.1) is 0 Å². The summed E-state index contributed by atoms with van der Waals surface area (Å²) in [6.07, 6.45) is 5.33. The van der Waals surface area contributed by atoms with E-state index in [4.69, 9.17) is 0 Å². The molecule has 0 aliphatic heterocycles. The maximum atomic E-state index is 11.5. The number of benzene rings is 1. The molecule has 1 aliphatic carbocycles. The zero-order valence-corrected chi connectivity index (χ0v) is 11.5. The van der Waals surface area contributed by atoms with Gasteiger partial charge < -0.3 is 5.11 Å². The molecule has 104 valence electrons. The zero-order chi connectivity index (χ0) is 14.1. The van der Waals surface area contributed by atoms with Crippen LogP contribution in [0.15, 0.2) is 29.7 Å². The van der Waals surface area contributed by atoms with E-state index in [0.717, 1.165) is 24.8 Å². The minimum absolute atomic E-state index is 0.206. The van der Waals surface area contributed by atoms with Gasteiger partial charge in [-0.3, -0.25) is 4.55 Å². The predicted molar refractivity (Wildman–Crippen MR) is 73.3 cm³/mol. The highest BCUT2D eigenvalue weighted by Crippen LogP contribution is 2.40. The van der Waals surface area contributed by atoms with Gasteiger partial charge in [0.2, 0.25) is 0 Å². The standard InChI is InChI=1S/C14H18O4S/c1-2-11-6-7-13(19(16,17)18)12(10-11)14(15)8-4-3-5-9-14/h2,6-7,10,15H,1,3-5,8-9H2,(H,16,17,18). The summed E-state index contributed by atoms with van der Waals surface area (Å²) in [5.41, 5.74) is -0.170. The smallest absolute Gasteiger partial charge is 0.294 e. The molecule has 0 radical (unpaired) electrons. The molecule has 4 nitrogen and oxygen atoms in total. The molecule has 0 bridgehead atoms. The maximum Gasteiger partial charge on any atom is 0.294 e. The van der Waals surface area contributed by atoms with E-state index in [1.807, 2.05) is 0 Å². The van der Waals surface area contributed by atoms with Crippen molar-refractivity contribution in [1.29, 1.82) is 0 Å². The number of hydrogen-bond acceptors (Lipinski definition) is 3. The third-order valence-corrected chi connectivity index (χ3v) is 4.61. The first-order chi connectivity index (χ1) is 8.87. The highest BCUT2D eigenvalue weighted by molar-refractivity contribution is 7.85. The van der Waals surface area contributed by atoms with Crippen LogP contribution in [0.5, 0.6) is 0 Å². The van der Waals surface area contributed by atoms with Crippen LogP contribution in [0.1, 0.15) is 43.2 Å². The van der Waals surface area contributed by atoms with Gasteiger partial charge in [0.1, 0.15) is 0 Å². The van der Waals surface area contributed by atoms with Gasteiger partial charge in [0.15, 0.2) is 0 Å². The van der Waals surface area contributed by atoms with Crippen molar-refractivity contribution in [2.75, 3.05) is 0 Å². The van der Waals surface area contributed by atoms with Crippen molar-refractivity contribution in [1.82, 2.24) is 0 Å². The molecule has 0 heterocycles. The summed E-state index contributed by atoms with van der Waals surface area (Å²) in [6.45, 7) is 3.64. The van der Waals surface area contributed by atoms with Crippen LogP contribution in [0.2, 0.25) is 0 Å². The molecule has 0 saturated heterocycles. The topological polar surface area (TPSA) is 74.6 Å². The first-order valence-electron chi connectivity index (χ1n) is 6.34. The normalized spacial score (nSPS) is 19.1. The van der Waals surface area contributed by atoms with Crippen LogP contribution in [-0.2, 0) is 15.7 Å². The average Bonchev–Trinajstić information content (AvgIpc) is 2.38. The molecule has 1 aliphatic rings. The molecule has 1 aromatic carbocycles. The molecule has 1 fully saturated rings. The van der Waals surface area contributed by atoms with E-state index in [9.17, 15) is 18.1 Å². The Bertz CT molecular complexity index is 583. The lowest BCUT2D eigenvalue weighted by molar-refractivity contribution is -0.00335. The predicted octanol–water partition coefficient (Wildman–Crippen LogP) is 2.73. The molecular weight excluding hydrogens is 264 g/mol. The lowest BCUT2D eigenvalue weighted by Gasteiger charge is -2.33. The minimum atomic E-state index is -4.34. The highest BCUT2D eigenvalue weighted by atomic mass is 32.2. The summed E-state index contributed by atoms with van der Waals surface area (Å²) in [4.78, 5) is -0.206. The summed E-state index contributed by atoms with van der Waals surface area (Å²) in [7, 11) is -4.34. The van der Waals surface area contributed by atoms with Crippen molar-refractivity contribution in [3.63, 3.8) is 0 Å². The van der Waals surface area contributed by atoms with Crippen molar-refractivity contribution >= 4 is 16.2 Å². The second-order valence-corrected chi connectivity index (χ2v) is 6.42. The van der Waals surface area contributed by atoms with Gasteiger partial charge in [0.05, 0.1) is 10.5 Å². The third-order valence-electron chi connectivity index (χ3n) is 3.70. The molecule has 0 unspecified atom stereocenters. The van der Waals surface area contributed by atoms with Gasteiger partial charge in [-0.1, -0.05) is 38.0 Å². The largest absolute Gasteiger partial charge is 0.385 e. The van der Waals surface area contributed by atoms with Crippen molar-refractivity contribution in [3.8, 4) is 0 Å². The second kappa shape index (κ2) is 5.07. The monoisotopic (exact) mass is 282 g/mol. The van der Waals surface area contributed by atoms with Gasteiger partial charge >= 0.3 is 0 Å². The summed E-state index contributed by atoms with van der Waals surface area (Å²) < 4.78 is 32.2. The Morgan fingerprint density at radius 3 is 2.37 bits per heavy atom. The average molecular weight is 282 g/mol. The van der Waals surface area contributed by atoms with E-state index in [-0.39, 0.29) is 10.5 Å². The Labute approximate surface area is 113 Å². The minimum Gasteiger partial charge on any atom is -0.385 e. The van der Waals surface area contributed by atoms with E-state index in [1.54, 1.807) is 18.2 Å². The number of hydrogen-bond donors (Lipinski definition) is 2. The van der Waals surface area contributed by atoms with Gasteiger partial charge in [0, 0.05) is 5.56 Å². The molecule has 0 aromatic heterocycles. The summed E-state index contributed by atoms with van der Waals surface area (Å²) in [5, 5.41) is 10.7. The van der Waals surface area contributed by atoms with Crippen molar-refractivity contribution in [2.45, 2.75) is 42.6 Å². The Balaban J connectivity index is 2.61. The molecule has 5 heteroatoms. The first-order valence-corrected chi connectivity index (χ1v) is 7.78. The Morgan fingerprint density at radius 1 is 1.21 bits per heavy atom. The molecule has 2 N–H and O–H groups in total. The molecule has 1 aromatic rings. The van der Waals surface area contributed by atoms with E-state index in [1.165, 1.54) is 6.07 Å². The summed E-state index contributed by atoms with van der Waals surface area (Å²) in [6, 6.07) is 4.49. The van der Waals surface area contributed by atoms with E-state index in [2.05, 4.69) is 6.58 Å². The van der Waals surface area contributed by atoms with Gasteiger partial charge in [-0.2, -0.15) is 8.42 Å². The lowest BCUT2D eigenvalue weighted by atomic mass is 9.79. The van der Waals surface area contributed by atoms with Crippen LogP contribution in [0.3, 0.4) is 0 Å². The zero-order valence-electron chi connectivity index (χ0n) is 10.7. The van der Waals surface area contributed by atoms with Crippen LogP contribution in [0.4, 0.5) is 0 Å². The van der Waals surface area contributed by atoms with Gasteiger partial charge in [-0.25, -0.2) is 0 Å². The van der Waals surface area contributed by atoms with Crippen LogP contribution >= 0.6 is 0 Å². The van der Waals surface area contributed by atoms with E-state index < -0.39 is 15.7 Å². The fourth-order valence-corrected chi connectivity index (χ4v) is 3.44. The van der Waals surface area contributed by atoms with Crippen LogP contribution in [-0.4, -0.2) is 18.1 Å². The molecular formula is C14H18O4S. The lowest BCUT2D eigenvalue weighted by Crippen LogP contribution is -2.30. The highest BCUT2D eigenvalue weighted by Gasteiger charge is 2.35. The van der Waals surface area contributed by atoms with Crippen molar-refractivity contribution < 1.29 is 18.1 Å². The molecule has 1 saturated carbocycles. The molecule has 0 amide bonds. The van der Waals surface area contributed by atoms with Crippen LogP contribution in [0.25, 0.3) is 6.08 Å². The third kappa shape index (κ3) is 2.88. The van der Waals surface area contributed by atoms with Crippen molar-refractivity contribution in [2.24, 2.45) is 0 Å². The molecule has 0 atom stereocenters. The maximum absolute atomic E-state index is 11.5. The van der Waals surface area contributed by atoms with E-state index >= 15 is 0 Å². The SMILES string of the molecule is C=Cc1ccc(S(=O)(=O)O)c(C2(O)CCCCC2)c1. The van der Waals surface area contributed by atoms with Crippen LogP contribution in [0, 0.1) is 0 Å². The number of rotatable bonds is 3. The van der Waals surface area contributed by atoms with Gasteiger partial charge in [0.25, 0.3) is 10.1 Å². The Morgan fingerprint density at radius 2 is 1.84 bits per heavy atom. The fourth-order valence-electron chi connectivity index (χ4n) is 2.67. The van der Waals surface area contributed by atoms with E-state index in [0.29, 0.717) is 12.8 Å². The number of aliphatic hydroxyl groups is 1. The van der Waals surface area contributed by atoms with Gasteiger partial charge in [-0.05, 0) is 30.5 Å². The molecule has 19 heavy (non-hydrogen) atoms. The quantitative estimate of drug-likeness (QED) is 0.836. The Hall–Kier alpha value is -1.17. The summed E-state index contributed by atoms with van der Waals surface area (Å²) >= 11 is 0. The second-order valence-electron chi connectivity index (χ2n) is 5.03. The first kappa shape index (κ1) is 14.2. The molecule has 0 spiro atoms. The Kier molecular flexibility index (Phi) is 3.80. The summed E-state index contributed by atoms with van der Waals surface area (Å²) in [5.74, 6) is 0.